The summed E-state index contributed by atoms with van der Waals surface area (Å²) in [6, 6.07) is 13.1. The third-order valence-corrected chi connectivity index (χ3v) is 4.20. The number of carbonyl (C=O) groups is 1. The number of thioether (sulfide) groups is 1. The molecule has 106 valence electrons. The van der Waals surface area contributed by atoms with E-state index in [4.69, 9.17) is 4.42 Å². The molecule has 7 heteroatoms. The average molecular weight is 317 g/mol. The zero-order valence-corrected chi connectivity index (χ0v) is 12.5. The van der Waals surface area contributed by atoms with Gasteiger partial charge in [-0.25, -0.2) is 0 Å². The molecule has 1 N–H and O–H groups in total. The summed E-state index contributed by atoms with van der Waals surface area (Å²) in [5.41, 5.74) is 0.771. The van der Waals surface area contributed by atoms with Crippen molar-refractivity contribution in [2.75, 3.05) is 11.1 Å². The lowest BCUT2D eigenvalue weighted by molar-refractivity contribution is -0.113. The van der Waals surface area contributed by atoms with Crippen LogP contribution in [0.3, 0.4) is 0 Å². The molecule has 2 heterocycles. The van der Waals surface area contributed by atoms with Crippen molar-refractivity contribution >= 4 is 34.7 Å². The van der Waals surface area contributed by atoms with Gasteiger partial charge in [0.1, 0.15) is 0 Å². The third-order valence-electron chi connectivity index (χ3n) is 2.52. The molecule has 0 saturated carbocycles. The van der Waals surface area contributed by atoms with Crippen molar-refractivity contribution in [2.24, 2.45) is 0 Å². The smallest absolute Gasteiger partial charge is 0.277 e. The lowest BCUT2D eigenvalue weighted by Crippen LogP contribution is -2.13. The lowest BCUT2D eigenvalue weighted by Gasteiger charge is -2.02. The highest BCUT2D eigenvalue weighted by Gasteiger charge is 2.11. The molecule has 3 rings (SSSR count). The van der Waals surface area contributed by atoms with Crippen LogP contribution in [-0.4, -0.2) is 21.9 Å². The maximum absolute atomic E-state index is 11.8. The molecule has 1 amide bonds. The van der Waals surface area contributed by atoms with Crippen LogP contribution in [-0.2, 0) is 4.79 Å². The molecule has 0 saturated heterocycles. The molecule has 0 bridgehead atoms. The summed E-state index contributed by atoms with van der Waals surface area (Å²) in [6.45, 7) is 0. The second-order valence-corrected chi connectivity index (χ2v) is 5.93. The molecule has 0 aliphatic carbocycles. The van der Waals surface area contributed by atoms with Crippen LogP contribution in [0.4, 0.5) is 5.69 Å². The molecule has 21 heavy (non-hydrogen) atoms. The van der Waals surface area contributed by atoms with E-state index in [-0.39, 0.29) is 11.7 Å². The first-order chi connectivity index (χ1) is 10.3. The molecular weight excluding hydrogens is 306 g/mol. The van der Waals surface area contributed by atoms with E-state index in [1.54, 1.807) is 0 Å². The molecular formula is C14H11N3O2S2. The highest BCUT2D eigenvalue weighted by Crippen LogP contribution is 2.26. The van der Waals surface area contributed by atoms with Gasteiger partial charge in [0.15, 0.2) is 0 Å². The molecule has 3 aromatic rings. The fourth-order valence-corrected chi connectivity index (χ4v) is 2.82. The zero-order chi connectivity index (χ0) is 14.5. The van der Waals surface area contributed by atoms with Crippen molar-refractivity contribution in [1.82, 2.24) is 10.2 Å². The Hall–Kier alpha value is -2.12. The predicted octanol–water partition coefficient (Wildman–Crippen LogP) is 3.53. The predicted molar refractivity (Wildman–Crippen MR) is 83.4 cm³/mol. The standard InChI is InChI=1S/C14H11N3O2S2/c18-12(15-10-5-2-1-3-6-10)9-21-14-17-16-13(19-14)11-7-4-8-20-11/h1-8H,9H2,(H,15,18). The number of nitrogens with one attached hydrogen (secondary N) is 1. The maximum atomic E-state index is 11.8. The van der Waals surface area contributed by atoms with Gasteiger partial charge in [-0.3, -0.25) is 4.79 Å². The molecule has 0 aliphatic heterocycles. The van der Waals surface area contributed by atoms with Crippen LogP contribution in [0.15, 0.2) is 57.5 Å². The largest absolute Gasteiger partial charge is 0.410 e. The molecule has 0 aliphatic rings. The van der Waals surface area contributed by atoms with Gasteiger partial charge in [-0.15, -0.1) is 21.5 Å². The fourth-order valence-electron chi connectivity index (χ4n) is 1.61. The number of rotatable bonds is 5. The summed E-state index contributed by atoms with van der Waals surface area (Å²) in [4.78, 5) is 12.7. The van der Waals surface area contributed by atoms with Crippen LogP contribution < -0.4 is 5.32 Å². The minimum absolute atomic E-state index is 0.109. The number of anilines is 1. The number of nitrogens with zero attached hydrogens (tertiary/aromatic N) is 2. The first kappa shape index (κ1) is 13.8. The van der Waals surface area contributed by atoms with Crippen molar-refractivity contribution in [1.29, 1.82) is 0 Å². The molecule has 0 radical (unpaired) electrons. The average Bonchev–Trinajstić information content (AvgIpc) is 3.17. The van der Waals surface area contributed by atoms with Gasteiger partial charge in [-0.05, 0) is 23.6 Å². The number of carbonyl (C=O) groups excluding carboxylic acids is 1. The van der Waals surface area contributed by atoms with Gasteiger partial charge in [0.2, 0.25) is 5.91 Å². The number of benzene rings is 1. The highest BCUT2D eigenvalue weighted by atomic mass is 32.2. The summed E-state index contributed by atoms with van der Waals surface area (Å²) < 4.78 is 5.50. The van der Waals surface area contributed by atoms with Crippen molar-refractivity contribution in [3.05, 3.63) is 47.8 Å². The zero-order valence-electron chi connectivity index (χ0n) is 10.9. The van der Waals surface area contributed by atoms with Gasteiger partial charge in [-0.1, -0.05) is 36.0 Å². The van der Waals surface area contributed by atoms with Crippen molar-refractivity contribution in [3.8, 4) is 10.8 Å². The number of thiophene rings is 1. The highest BCUT2D eigenvalue weighted by molar-refractivity contribution is 7.99. The minimum Gasteiger partial charge on any atom is -0.410 e. The molecule has 0 spiro atoms. The Balaban J connectivity index is 1.54. The molecule has 2 aromatic heterocycles. The Morgan fingerprint density at radius 1 is 1.19 bits per heavy atom. The molecule has 0 fully saturated rings. The van der Waals surface area contributed by atoms with Crippen LogP contribution in [0.5, 0.6) is 0 Å². The van der Waals surface area contributed by atoms with Gasteiger partial charge in [-0.2, -0.15) is 0 Å². The number of hydrogen-bond acceptors (Lipinski definition) is 6. The Labute approximate surface area is 129 Å². The topological polar surface area (TPSA) is 68.0 Å². The van der Waals surface area contributed by atoms with E-state index >= 15 is 0 Å². The Bertz CT molecular complexity index is 711. The summed E-state index contributed by atoms with van der Waals surface area (Å²) in [5, 5.41) is 13.0. The van der Waals surface area contributed by atoms with Crippen LogP contribution in [0.2, 0.25) is 0 Å². The Morgan fingerprint density at radius 2 is 2.05 bits per heavy atom. The number of para-hydroxylation sites is 1. The van der Waals surface area contributed by atoms with Crippen molar-refractivity contribution in [3.63, 3.8) is 0 Å². The molecule has 5 nitrogen and oxygen atoms in total. The SMILES string of the molecule is O=C(CSc1nnc(-c2cccs2)o1)Nc1ccccc1. The second kappa shape index (κ2) is 6.55. The first-order valence-electron chi connectivity index (χ1n) is 6.16. The number of amides is 1. The first-order valence-corrected chi connectivity index (χ1v) is 8.03. The van der Waals surface area contributed by atoms with Crippen LogP contribution in [0.1, 0.15) is 0 Å². The van der Waals surface area contributed by atoms with E-state index in [2.05, 4.69) is 15.5 Å². The lowest BCUT2D eigenvalue weighted by atomic mass is 10.3. The van der Waals surface area contributed by atoms with Gasteiger partial charge in [0, 0.05) is 5.69 Å². The summed E-state index contributed by atoms with van der Waals surface area (Å²) in [7, 11) is 0. The van der Waals surface area contributed by atoms with E-state index in [0.29, 0.717) is 11.1 Å². The summed E-state index contributed by atoms with van der Waals surface area (Å²) in [6.07, 6.45) is 0. The number of hydrogen-bond donors (Lipinski definition) is 1. The Kier molecular flexibility index (Phi) is 4.32. The molecule has 0 unspecified atom stereocenters. The van der Waals surface area contributed by atoms with Crippen LogP contribution in [0.25, 0.3) is 10.8 Å². The van der Waals surface area contributed by atoms with Crippen LogP contribution in [0, 0.1) is 0 Å². The van der Waals surface area contributed by atoms with Gasteiger partial charge < -0.3 is 9.73 Å². The van der Waals surface area contributed by atoms with E-state index in [0.717, 1.165) is 10.6 Å². The van der Waals surface area contributed by atoms with E-state index in [9.17, 15) is 4.79 Å². The summed E-state index contributed by atoms with van der Waals surface area (Å²) in [5.74, 6) is 0.596. The van der Waals surface area contributed by atoms with Crippen molar-refractivity contribution in [2.45, 2.75) is 5.22 Å². The van der Waals surface area contributed by atoms with Gasteiger partial charge >= 0.3 is 0 Å². The van der Waals surface area contributed by atoms with E-state index in [1.165, 1.54) is 23.1 Å². The normalized spacial score (nSPS) is 10.5. The van der Waals surface area contributed by atoms with Gasteiger partial charge in [0.25, 0.3) is 11.1 Å². The monoisotopic (exact) mass is 317 g/mol. The summed E-state index contributed by atoms with van der Waals surface area (Å²) >= 11 is 2.75. The number of aromatic nitrogens is 2. The molecule has 0 atom stereocenters. The fraction of sp³-hybridized carbons (Fsp3) is 0.0714. The van der Waals surface area contributed by atoms with E-state index < -0.39 is 0 Å². The van der Waals surface area contributed by atoms with Gasteiger partial charge in [0.05, 0.1) is 10.6 Å². The molecule has 1 aromatic carbocycles. The second-order valence-electron chi connectivity index (χ2n) is 4.05. The van der Waals surface area contributed by atoms with E-state index in [1.807, 2.05) is 47.8 Å². The van der Waals surface area contributed by atoms with Crippen LogP contribution >= 0.6 is 23.1 Å². The minimum atomic E-state index is -0.109. The third kappa shape index (κ3) is 3.71. The quantitative estimate of drug-likeness (QED) is 0.729. The maximum Gasteiger partial charge on any atom is 0.277 e. The van der Waals surface area contributed by atoms with Crippen molar-refractivity contribution < 1.29 is 9.21 Å². The Morgan fingerprint density at radius 3 is 2.81 bits per heavy atom.